The van der Waals surface area contributed by atoms with Crippen molar-refractivity contribution in [3.8, 4) is 5.75 Å². The first-order chi connectivity index (χ1) is 18.4. The van der Waals surface area contributed by atoms with E-state index in [9.17, 15) is 24.5 Å². The van der Waals surface area contributed by atoms with Crippen LogP contribution in [-0.2, 0) is 29.6 Å². The van der Waals surface area contributed by atoms with E-state index < -0.39 is 48.5 Å². The summed E-state index contributed by atoms with van der Waals surface area (Å²) in [5.74, 6) is -1.19. The molecule has 39 heavy (non-hydrogen) atoms. The fourth-order valence-corrected chi connectivity index (χ4v) is 5.73. The SMILES string of the molecule is C=C(C)C(C(=O)OCc1ccc([N+](=O)[O-])cc1)N1C(=O)C(NC(=O)COc2ccccc2)C1SO[Si](C)(C)C. The van der Waals surface area contributed by atoms with E-state index in [0.717, 1.165) is 12.0 Å². The van der Waals surface area contributed by atoms with Crippen LogP contribution in [0.25, 0.3) is 0 Å². The van der Waals surface area contributed by atoms with Crippen LogP contribution in [0.5, 0.6) is 5.75 Å². The number of non-ortho nitro benzene ring substituents is 1. The molecule has 208 valence electrons. The number of rotatable bonds is 13. The zero-order valence-corrected chi connectivity index (χ0v) is 23.9. The molecule has 3 atom stereocenters. The Hall–Kier alpha value is -3.68. The van der Waals surface area contributed by atoms with Crippen molar-refractivity contribution < 1.29 is 32.7 Å². The maximum atomic E-state index is 13.2. The lowest BCUT2D eigenvalue weighted by Gasteiger charge is -2.49. The van der Waals surface area contributed by atoms with Crippen molar-refractivity contribution in [1.29, 1.82) is 0 Å². The predicted octanol–water partition coefficient (Wildman–Crippen LogP) is 3.81. The van der Waals surface area contributed by atoms with E-state index in [1.54, 1.807) is 31.2 Å². The molecule has 1 N–H and O–H groups in total. The molecule has 0 bridgehead atoms. The lowest BCUT2D eigenvalue weighted by Crippen LogP contribution is -2.73. The number of likely N-dealkylation sites (tertiary alicyclic amines) is 1. The molecule has 3 unspecified atom stereocenters. The second kappa shape index (κ2) is 12.9. The van der Waals surface area contributed by atoms with Gasteiger partial charge in [0.15, 0.2) is 12.6 Å². The molecule has 0 radical (unpaired) electrons. The first kappa shape index (κ1) is 29.9. The number of ether oxygens (including phenoxy) is 2. The Morgan fingerprint density at radius 2 is 1.79 bits per heavy atom. The summed E-state index contributed by atoms with van der Waals surface area (Å²) in [6.45, 7) is 11.0. The quantitative estimate of drug-likeness (QED) is 0.0721. The van der Waals surface area contributed by atoms with Crippen molar-refractivity contribution in [2.24, 2.45) is 0 Å². The number of hydrogen-bond acceptors (Lipinski definition) is 9. The third kappa shape index (κ3) is 8.15. The van der Waals surface area contributed by atoms with Crippen molar-refractivity contribution in [3.63, 3.8) is 0 Å². The van der Waals surface area contributed by atoms with E-state index in [4.69, 9.17) is 13.3 Å². The van der Waals surface area contributed by atoms with Gasteiger partial charge in [0.05, 0.1) is 4.92 Å². The Kier molecular flexibility index (Phi) is 9.89. The lowest BCUT2D eigenvalue weighted by molar-refractivity contribution is -0.384. The Bertz CT molecular complexity index is 1220. The molecule has 0 aromatic heterocycles. The number of para-hydroxylation sites is 1. The molecule has 1 aliphatic rings. The standard InChI is InChI=1S/C26H31N3O8SSi/c1-17(2)23(26(32)36-15-18-11-13-19(14-12-18)29(33)34)28-24(31)22(25(28)38-37-39(3,4)5)27-21(30)16-35-20-9-7-6-8-10-20/h6-14,22-23,25H,1,15-16H2,2-5H3,(H,27,30). The average Bonchev–Trinajstić information content (AvgIpc) is 2.89. The van der Waals surface area contributed by atoms with E-state index in [1.165, 1.54) is 29.2 Å². The monoisotopic (exact) mass is 573 g/mol. The van der Waals surface area contributed by atoms with Gasteiger partial charge in [-0.05, 0) is 62.0 Å². The molecular weight excluding hydrogens is 542 g/mol. The molecule has 13 heteroatoms. The van der Waals surface area contributed by atoms with Crippen LogP contribution in [0.15, 0.2) is 66.7 Å². The molecule has 2 aromatic rings. The molecule has 1 heterocycles. The molecule has 0 aliphatic carbocycles. The summed E-state index contributed by atoms with van der Waals surface area (Å²) in [5, 5.41) is 12.8. The van der Waals surface area contributed by atoms with Crippen LogP contribution >= 0.6 is 12.0 Å². The van der Waals surface area contributed by atoms with Gasteiger partial charge in [0.2, 0.25) is 14.2 Å². The number of β-lactam (4-membered cyclic amide) rings is 1. The second-order valence-corrected chi connectivity index (χ2v) is 15.4. The van der Waals surface area contributed by atoms with Crippen molar-refractivity contribution >= 4 is 43.8 Å². The highest BCUT2D eigenvalue weighted by Gasteiger charge is 2.54. The summed E-state index contributed by atoms with van der Waals surface area (Å²) in [5.41, 5.74) is 0.828. The van der Waals surface area contributed by atoms with Crippen molar-refractivity contribution in [3.05, 3.63) is 82.4 Å². The third-order valence-corrected chi connectivity index (χ3v) is 8.48. The number of nitrogens with zero attached hydrogens (tertiary/aromatic N) is 2. The molecule has 1 saturated heterocycles. The fraction of sp³-hybridized carbons (Fsp3) is 0.346. The second-order valence-electron chi connectivity index (χ2n) is 9.86. The van der Waals surface area contributed by atoms with Crippen LogP contribution in [-0.4, -0.2) is 60.0 Å². The predicted molar refractivity (Wildman–Crippen MR) is 148 cm³/mol. The van der Waals surface area contributed by atoms with Crippen LogP contribution in [0.1, 0.15) is 12.5 Å². The van der Waals surface area contributed by atoms with Gasteiger partial charge in [-0.3, -0.25) is 19.7 Å². The smallest absolute Gasteiger partial charge is 0.333 e. The van der Waals surface area contributed by atoms with E-state index in [2.05, 4.69) is 11.9 Å². The largest absolute Gasteiger partial charge is 0.484 e. The number of nitrogens with one attached hydrogen (secondary N) is 1. The molecule has 0 saturated carbocycles. The highest BCUT2D eigenvalue weighted by Crippen LogP contribution is 2.36. The van der Waals surface area contributed by atoms with E-state index in [0.29, 0.717) is 16.9 Å². The number of nitro groups is 1. The molecule has 1 fully saturated rings. The number of carbonyl (C=O) groups excluding carboxylic acids is 3. The number of benzene rings is 2. The van der Waals surface area contributed by atoms with Crippen LogP contribution in [0.2, 0.25) is 19.6 Å². The first-order valence-corrected chi connectivity index (χ1v) is 16.3. The summed E-state index contributed by atoms with van der Waals surface area (Å²) in [7, 11) is -2.04. The zero-order valence-electron chi connectivity index (χ0n) is 22.1. The molecule has 3 rings (SSSR count). The normalized spacial score (nSPS) is 17.5. The van der Waals surface area contributed by atoms with Crippen LogP contribution in [0.3, 0.4) is 0 Å². The van der Waals surface area contributed by atoms with Crippen molar-refractivity contribution in [1.82, 2.24) is 10.2 Å². The summed E-state index contributed by atoms with van der Waals surface area (Å²) >= 11 is 1.03. The number of carbonyl (C=O) groups is 3. The van der Waals surface area contributed by atoms with Gasteiger partial charge < -0.3 is 23.6 Å². The van der Waals surface area contributed by atoms with Crippen LogP contribution in [0, 0.1) is 10.1 Å². The maximum Gasteiger partial charge on any atom is 0.333 e. The number of nitro benzene ring substituents is 1. The Balaban J connectivity index is 1.69. The minimum atomic E-state index is -2.04. The highest BCUT2D eigenvalue weighted by atomic mass is 32.2. The fourth-order valence-electron chi connectivity index (χ4n) is 3.57. The zero-order chi connectivity index (χ0) is 28.7. The Morgan fingerprint density at radius 3 is 2.36 bits per heavy atom. The van der Waals surface area contributed by atoms with Crippen molar-refractivity contribution in [2.45, 2.75) is 50.6 Å². The minimum Gasteiger partial charge on any atom is -0.484 e. The third-order valence-electron chi connectivity index (χ3n) is 5.40. The van der Waals surface area contributed by atoms with Gasteiger partial charge >= 0.3 is 5.97 Å². The van der Waals surface area contributed by atoms with Gasteiger partial charge in [-0.1, -0.05) is 24.8 Å². The molecule has 0 spiro atoms. The van der Waals surface area contributed by atoms with E-state index in [-0.39, 0.29) is 18.9 Å². The molecule has 2 amide bonds. The number of amides is 2. The first-order valence-electron chi connectivity index (χ1n) is 12.1. The topological polar surface area (TPSA) is 137 Å². The van der Waals surface area contributed by atoms with Crippen LogP contribution < -0.4 is 10.1 Å². The molecule has 1 aliphatic heterocycles. The van der Waals surface area contributed by atoms with Gasteiger partial charge in [-0.15, -0.1) is 0 Å². The average molecular weight is 574 g/mol. The van der Waals surface area contributed by atoms with Gasteiger partial charge in [0.25, 0.3) is 11.6 Å². The maximum absolute atomic E-state index is 13.2. The molecule has 11 nitrogen and oxygen atoms in total. The van der Waals surface area contributed by atoms with E-state index >= 15 is 0 Å². The van der Waals surface area contributed by atoms with Gasteiger partial charge in [0, 0.05) is 24.2 Å². The highest BCUT2D eigenvalue weighted by molar-refractivity contribution is 7.96. The van der Waals surface area contributed by atoms with Gasteiger partial charge in [0.1, 0.15) is 23.8 Å². The summed E-state index contributed by atoms with van der Waals surface area (Å²) in [4.78, 5) is 50.6. The molecular formula is C26H31N3O8SSi. The summed E-state index contributed by atoms with van der Waals surface area (Å²) in [6.07, 6.45) is 0. The molecule has 2 aromatic carbocycles. The lowest BCUT2D eigenvalue weighted by atomic mass is 9.99. The van der Waals surface area contributed by atoms with Crippen LogP contribution in [0.4, 0.5) is 5.69 Å². The van der Waals surface area contributed by atoms with Gasteiger partial charge in [-0.2, -0.15) is 0 Å². The number of esters is 1. The number of hydrogen-bond donors (Lipinski definition) is 1. The Labute approximate surface area is 232 Å². The Morgan fingerprint density at radius 1 is 1.15 bits per heavy atom. The summed E-state index contributed by atoms with van der Waals surface area (Å²) < 4.78 is 16.9. The van der Waals surface area contributed by atoms with Crippen molar-refractivity contribution in [2.75, 3.05) is 6.61 Å². The minimum absolute atomic E-state index is 0.0828. The summed E-state index contributed by atoms with van der Waals surface area (Å²) in [6, 6.07) is 12.3. The van der Waals surface area contributed by atoms with Gasteiger partial charge in [-0.25, -0.2) is 4.79 Å². The van der Waals surface area contributed by atoms with E-state index in [1.807, 2.05) is 25.7 Å².